The number of nitrogens with zero attached hydrogens (tertiary/aromatic N) is 1. The number of aliphatic hydroxyl groups excluding tert-OH is 1. The Bertz CT molecular complexity index is 440. The van der Waals surface area contributed by atoms with Gasteiger partial charge in [-0.05, 0) is 11.6 Å². The second-order valence-corrected chi connectivity index (χ2v) is 3.75. The Morgan fingerprint density at radius 3 is 2.61 bits per heavy atom. The van der Waals surface area contributed by atoms with Crippen molar-refractivity contribution in [3.63, 3.8) is 0 Å². The molecule has 1 aromatic carbocycles. The van der Waals surface area contributed by atoms with Crippen LogP contribution in [0.2, 0.25) is 0 Å². The van der Waals surface area contributed by atoms with Crippen LogP contribution in [0, 0.1) is 11.3 Å². The summed E-state index contributed by atoms with van der Waals surface area (Å²) in [5, 5.41) is 18.6. The summed E-state index contributed by atoms with van der Waals surface area (Å²) < 4.78 is 42.2. The fourth-order valence-electron chi connectivity index (χ4n) is 1.56. The van der Waals surface area contributed by atoms with Crippen LogP contribution < -0.4 is 0 Å². The third-order valence-corrected chi connectivity index (χ3v) is 2.43. The molecular formula is C12H12F3NO2. The highest BCUT2D eigenvalue weighted by atomic mass is 19.4. The van der Waals surface area contributed by atoms with Gasteiger partial charge in [0.1, 0.15) is 0 Å². The molecule has 0 spiro atoms. The topological polar surface area (TPSA) is 53.2 Å². The molecule has 0 aliphatic rings. The van der Waals surface area contributed by atoms with Gasteiger partial charge in [-0.15, -0.1) is 0 Å². The minimum Gasteiger partial charge on any atom is -0.389 e. The summed E-state index contributed by atoms with van der Waals surface area (Å²) in [7, 11) is 1.34. The molecule has 2 atom stereocenters. The third kappa shape index (κ3) is 3.45. The van der Waals surface area contributed by atoms with Gasteiger partial charge in [0.05, 0.1) is 30.3 Å². The van der Waals surface area contributed by atoms with Gasteiger partial charge in [0.2, 0.25) is 0 Å². The third-order valence-electron chi connectivity index (χ3n) is 2.43. The Kier molecular flexibility index (Phi) is 4.70. The van der Waals surface area contributed by atoms with Crippen molar-refractivity contribution in [2.45, 2.75) is 18.2 Å². The molecular weight excluding hydrogens is 247 g/mol. The first kappa shape index (κ1) is 14.5. The minimum absolute atomic E-state index is 0.117. The summed E-state index contributed by atoms with van der Waals surface area (Å²) >= 11 is 0. The minimum atomic E-state index is -4.47. The Hall–Kier alpha value is -1.58. The lowest BCUT2D eigenvalue weighted by Crippen LogP contribution is -2.22. The molecule has 0 aromatic heterocycles. The number of benzene rings is 1. The Labute approximate surface area is 102 Å². The smallest absolute Gasteiger partial charge is 0.389 e. The lowest BCUT2D eigenvalue weighted by atomic mass is 9.93. The molecule has 2 unspecified atom stereocenters. The highest BCUT2D eigenvalue weighted by molar-refractivity contribution is 5.32. The molecule has 0 aliphatic carbocycles. The molecule has 0 aliphatic heterocycles. The van der Waals surface area contributed by atoms with Crippen LogP contribution in [0.1, 0.15) is 17.0 Å². The molecule has 0 heterocycles. The Morgan fingerprint density at radius 1 is 1.44 bits per heavy atom. The van der Waals surface area contributed by atoms with Crippen molar-refractivity contribution in [1.82, 2.24) is 0 Å². The van der Waals surface area contributed by atoms with Crippen molar-refractivity contribution in [2.24, 2.45) is 0 Å². The standard InChI is InChI=1S/C12H12F3NO2/c1-18-7-11(17)10(6-16)8-3-2-4-9(5-8)12(13,14)15/h2-5,10-11,17H,7H2,1H3. The predicted molar refractivity (Wildman–Crippen MR) is 57.7 cm³/mol. The van der Waals surface area contributed by atoms with E-state index in [1.807, 2.05) is 0 Å². The van der Waals surface area contributed by atoms with Crippen molar-refractivity contribution in [3.8, 4) is 6.07 Å². The summed E-state index contributed by atoms with van der Waals surface area (Å²) in [6.07, 6.45) is -5.63. The fourth-order valence-corrected chi connectivity index (χ4v) is 1.56. The monoisotopic (exact) mass is 259 g/mol. The molecule has 0 saturated carbocycles. The maximum absolute atomic E-state index is 12.5. The summed E-state index contributed by atoms with van der Waals surface area (Å²) in [5.41, 5.74) is -0.721. The predicted octanol–water partition coefficient (Wildman–Crippen LogP) is 2.32. The van der Waals surface area contributed by atoms with Gasteiger partial charge in [0.15, 0.2) is 0 Å². The zero-order valence-corrected chi connectivity index (χ0v) is 9.61. The second kappa shape index (κ2) is 5.85. The van der Waals surface area contributed by atoms with Crippen LogP contribution in [0.3, 0.4) is 0 Å². The zero-order valence-electron chi connectivity index (χ0n) is 9.61. The second-order valence-electron chi connectivity index (χ2n) is 3.75. The molecule has 0 fully saturated rings. The SMILES string of the molecule is COCC(O)C(C#N)c1cccc(C(F)(F)F)c1. The van der Waals surface area contributed by atoms with Crippen molar-refractivity contribution >= 4 is 0 Å². The lowest BCUT2D eigenvalue weighted by Gasteiger charge is -2.17. The molecule has 98 valence electrons. The molecule has 3 nitrogen and oxygen atoms in total. The van der Waals surface area contributed by atoms with E-state index in [4.69, 9.17) is 5.26 Å². The van der Waals surface area contributed by atoms with Crippen molar-refractivity contribution < 1.29 is 23.0 Å². The van der Waals surface area contributed by atoms with E-state index >= 15 is 0 Å². The first-order chi connectivity index (χ1) is 8.40. The van der Waals surface area contributed by atoms with E-state index in [-0.39, 0.29) is 12.2 Å². The van der Waals surface area contributed by atoms with Crippen LogP contribution in [0.25, 0.3) is 0 Å². The Balaban J connectivity index is 3.05. The summed E-state index contributed by atoms with van der Waals surface area (Å²) in [6, 6.07) is 6.16. The fraction of sp³-hybridized carbons (Fsp3) is 0.417. The van der Waals surface area contributed by atoms with Gasteiger partial charge < -0.3 is 9.84 Å². The van der Waals surface area contributed by atoms with Gasteiger partial charge in [-0.2, -0.15) is 18.4 Å². The first-order valence-corrected chi connectivity index (χ1v) is 5.14. The van der Waals surface area contributed by atoms with Gasteiger partial charge >= 0.3 is 6.18 Å². The van der Waals surface area contributed by atoms with Crippen LogP contribution in [-0.2, 0) is 10.9 Å². The number of alkyl halides is 3. The van der Waals surface area contributed by atoms with E-state index in [0.717, 1.165) is 12.1 Å². The van der Waals surface area contributed by atoms with Crippen molar-refractivity contribution in [3.05, 3.63) is 35.4 Å². The van der Waals surface area contributed by atoms with Gasteiger partial charge in [0, 0.05) is 7.11 Å². The van der Waals surface area contributed by atoms with Gasteiger partial charge in [-0.25, -0.2) is 0 Å². The average Bonchev–Trinajstić information content (AvgIpc) is 2.29. The molecule has 0 radical (unpaired) electrons. The highest BCUT2D eigenvalue weighted by Gasteiger charge is 2.31. The van der Waals surface area contributed by atoms with Crippen LogP contribution in [0.4, 0.5) is 13.2 Å². The Morgan fingerprint density at radius 2 is 2.11 bits per heavy atom. The number of aliphatic hydroxyl groups is 1. The maximum Gasteiger partial charge on any atom is 0.416 e. The normalized spacial score (nSPS) is 14.9. The highest BCUT2D eigenvalue weighted by Crippen LogP contribution is 2.31. The summed E-state index contributed by atoms with van der Waals surface area (Å²) in [6.45, 7) is -0.117. The maximum atomic E-state index is 12.5. The van der Waals surface area contributed by atoms with E-state index in [2.05, 4.69) is 4.74 Å². The number of rotatable bonds is 4. The van der Waals surface area contributed by atoms with Crippen LogP contribution in [-0.4, -0.2) is 24.9 Å². The van der Waals surface area contributed by atoms with E-state index in [0.29, 0.717) is 0 Å². The number of halogens is 3. The molecule has 18 heavy (non-hydrogen) atoms. The molecule has 1 N–H and O–H groups in total. The van der Waals surface area contributed by atoms with Crippen LogP contribution in [0.5, 0.6) is 0 Å². The number of hydrogen-bond acceptors (Lipinski definition) is 3. The number of nitriles is 1. The molecule has 1 rings (SSSR count). The zero-order chi connectivity index (χ0) is 13.8. The largest absolute Gasteiger partial charge is 0.416 e. The van der Waals surface area contributed by atoms with E-state index in [9.17, 15) is 18.3 Å². The van der Waals surface area contributed by atoms with Crippen molar-refractivity contribution in [1.29, 1.82) is 5.26 Å². The van der Waals surface area contributed by atoms with Gasteiger partial charge in [-0.1, -0.05) is 18.2 Å². The molecule has 1 aromatic rings. The van der Waals surface area contributed by atoms with Crippen LogP contribution in [0.15, 0.2) is 24.3 Å². The van der Waals surface area contributed by atoms with Crippen molar-refractivity contribution in [2.75, 3.05) is 13.7 Å². The van der Waals surface area contributed by atoms with Crippen LogP contribution >= 0.6 is 0 Å². The lowest BCUT2D eigenvalue weighted by molar-refractivity contribution is -0.137. The first-order valence-electron chi connectivity index (χ1n) is 5.14. The quantitative estimate of drug-likeness (QED) is 0.902. The summed E-state index contributed by atoms with van der Waals surface area (Å²) in [4.78, 5) is 0. The molecule has 0 saturated heterocycles. The van der Waals surface area contributed by atoms with E-state index in [1.165, 1.54) is 19.2 Å². The summed E-state index contributed by atoms with van der Waals surface area (Å²) in [5.74, 6) is -1.05. The number of ether oxygens (including phenoxy) is 1. The average molecular weight is 259 g/mol. The van der Waals surface area contributed by atoms with E-state index < -0.39 is 23.8 Å². The molecule has 6 heteroatoms. The van der Waals surface area contributed by atoms with Gasteiger partial charge in [0.25, 0.3) is 0 Å². The number of hydrogen-bond donors (Lipinski definition) is 1. The van der Waals surface area contributed by atoms with Gasteiger partial charge in [-0.3, -0.25) is 0 Å². The number of methoxy groups -OCH3 is 1. The van der Waals surface area contributed by atoms with E-state index in [1.54, 1.807) is 6.07 Å². The molecule has 0 bridgehead atoms. The molecule has 0 amide bonds.